The van der Waals surface area contributed by atoms with E-state index in [-0.39, 0.29) is 6.03 Å². The number of aromatic nitrogens is 2. The second-order valence-electron chi connectivity index (χ2n) is 5.63. The van der Waals surface area contributed by atoms with Crippen LogP contribution in [0.4, 0.5) is 22.1 Å². The number of nitrogens with one attached hydrogen (secondary N) is 2. The molecule has 0 saturated carbocycles. The van der Waals surface area contributed by atoms with Crippen molar-refractivity contribution >= 4 is 23.4 Å². The summed E-state index contributed by atoms with van der Waals surface area (Å²) < 4.78 is 10.5. The van der Waals surface area contributed by atoms with Crippen molar-refractivity contribution in [2.75, 3.05) is 48.9 Å². The molecule has 2 heterocycles. The number of carbonyl (C=O) groups excluding carboxylic acids is 1. The van der Waals surface area contributed by atoms with Gasteiger partial charge in [-0.2, -0.15) is 0 Å². The highest BCUT2D eigenvalue weighted by Crippen LogP contribution is 2.21. The van der Waals surface area contributed by atoms with E-state index >= 15 is 0 Å². The first-order valence-electron chi connectivity index (χ1n) is 8.03. The summed E-state index contributed by atoms with van der Waals surface area (Å²) in [7, 11) is 1.61. The minimum absolute atomic E-state index is 0.351. The highest BCUT2D eigenvalue weighted by atomic mass is 16.5. The van der Waals surface area contributed by atoms with Gasteiger partial charge in [0.2, 0.25) is 5.95 Å². The maximum atomic E-state index is 12.1. The van der Waals surface area contributed by atoms with E-state index in [9.17, 15) is 4.79 Å². The van der Waals surface area contributed by atoms with Crippen LogP contribution in [0.1, 0.15) is 5.56 Å². The molecule has 2 amide bonds. The number of benzene rings is 1. The van der Waals surface area contributed by atoms with E-state index in [1.165, 1.54) is 0 Å². The molecule has 1 saturated heterocycles. The number of anilines is 3. The molecule has 132 valence electrons. The molecule has 0 bridgehead atoms. The smallest absolute Gasteiger partial charge is 0.323 e. The molecule has 8 heteroatoms. The normalized spacial score (nSPS) is 14.1. The highest BCUT2D eigenvalue weighted by Gasteiger charge is 2.14. The van der Waals surface area contributed by atoms with Crippen LogP contribution in [-0.2, 0) is 4.74 Å². The van der Waals surface area contributed by atoms with E-state index in [0.717, 1.165) is 24.4 Å². The molecule has 1 aromatic heterocycles. The van der Waals surface area contributed by atoms with Crippen molar-refractivity contribution in [3.05, 3.63) is 36.2 Å². The zero-order chi connectivity index (χ0) is 17.6. The first-order chi connectivity index (χ1) is 12.2. The fourth-order valence-electron chi connectivity index (χ4n) is 2.50. The van der Waals surface area contributed by atoms with Crippen LogP contribution in [0.3, 0.4) is 0 Å². The Hall–Kier alpha value is -2.87. The van der Waals surface area contributed by atoms with E-state index in [1.807, 2.05) is 17.9 Å². The van der Waals surface area contributed by atoms with Gasteiger partial charge in [0.15, 0.2) is 0 Å². The Bertz CT molecular complexity index is 730. The quantitative estimate of drug-likeness (QED) is 0.885. The van der Waals surface area contributed by atoms with Crippen LogP contribution in [0.25, 0.3) is 0 Å². The molecule has 1 aliphatic rings. The number of aryl methyl sites for hydroxylation is 1. The molecule has 1 aromatic carbocycles. The van der Waals surface area contributed by atoms with Gasteiger partial charge < -0.3 is 25.0 Å². The predicted molar refractivity (Wildman–Crippen MR) is 95.4 cm³/mol. The van der Waals surface area contributed by atoms with E-state index in [0.29, 0.717) is 30.5 Å². The summed E-state index contributed by atoms with van der Waals surface area (Å²) in [6, 6.07) is 5.10. The molecular formula is C17H21N5O3. The largest absolute Gasteiger partial charge is 0.497 e. The van der Waals surface area contributed by atoms with Crippen molar-refractivity contribution in [2.45, 2.75) is 6.92 Å². The summed E-state index contributed by atoms with van der Waals surface area (Å²) in [6.45, 7) is 4.78. The van der Waals surface area contributed by atoms with Crippen LogP contribution in [0.2, 0.25) is 0 Å². The van der Waals surface area contributed by atoms with Crippen LogP contribution in [0.15, 0.2) is 30.6 Å². The Morgan fingerprint density at radius 2 is 1.92 bits per heavy atom. The Morgan fingerprint density at radius 1 is 1.20 bits per heavy atom. The number of nitrogens with zero attached hydrogens (tertiary/aromatic N) is 3. The second kappa shape index (κ2) is 7.80. The monoisotopic (exact) mass is 343 g/mol. The lowest BCUT2D eigenvalue weighted by Gasteiger charge is -2.26. The molecule has 0 unspecified atom stereocenters. The average molecular weight is 343 g/mol. The van der Waals surface area contributed by atoms with Gasteiger partial charge in [0.25, 0.3) is 0 Å². The summed E-state index contributed by atoms with van der Waals surface area (Å²) in [5.74, 6) is 1.39. The highest BCUT2D eigenvalue weighted by molar-refractivity contribution is 6.00. The van der Waals surface area contributed by atoms with E-state index in [1.54, 1.807) is 31.6 Å². The van der Waals surface area contributed by atoms with Crippen LogP contribution >= 0.6 is 0 Å². The molecule has 8 nitrogen and oxygen atoms in total. The van der Waals surface area contributed by atoms with Crippen molar-refractivity contribution in [2.24, 2.45) is 0 Å². The molecular weight excluding hydrogens is 322 g/mol. The molecule has 1 fully saturated rings. The third-order valence-electron chi connectivity index (χ3n) is 3.87. The SMILES string of the molecule is COc1ccc(NC(=O)Nc2cnc(N3CCOCC3)nc2)c(C)c1. The molecule has 0 spiro atoms. The number of amides is 2. The van der Waals surface area contributed by atoms with Gasteiger partial charge in [-0.25, -0.2) is 14.8 Å². The minimum Gasteiger partial charge on any atom is -0.497 e. The maximum Gasteiger partial charge on any atom is 0.323 e. The summed E-state index contributed by atoms with van der Waals surface area (Å²) in [5, 5.41) is 5.53. The number of rotatable bonds is 4. The fraction of sp³-hybridized carbons (Fsp3) is 0.353. The van der Waals surface area contributed by atoms with E-state index in [2.05, 4.69) is 20.6 Å². The summed E-state index contributed by atoms with van der Waals surface area (Å²) in [5.41, 5.74) is 2.15. The van der Waals surface area contributed by atoms with Crippen LogP contribution in [-0.4, -0.2) is 49.4 Å². The molecule has 2 N–H and O–H groups in total. The molecule has 0 atom stereocenters. The number of hydrogen-bond acceptors (Lipinski definition) is 6. The van der Waals surface area contributed by atoms with Crippen molar-refractivity contribution < 1.29 is 14.3 Å². The standard InChI is InChI=1S/C17H21N5O3/c1-12-9-14(24-2)3-4-15(12)21-17(23)20-13-10-18-16(19-11-13)22-5-7-25-8-6-22/h3-4,9-11H,5-8H2,1-2H3,(H2,20,21,23). The molecule has 25 heavy (non-hydrogen) atoms. The number of carbonyl (C=O) groups is 1. The zero-order valence-electron chi connectivity index (χ0n) is 14.3. The van der Waals surface area contributed by atoms with Gasteiger partial charge in [0.1, 0.15) is 5.75 Å². The van der Waals surface area contributed by atoms with Gasteiger partial charge in [0, 0.05) is 18.8 Å². The molecule has 3 rings (SSSR count). The predicted octanol–water partition coefficient (Wildman–Crippen LogP) is 2.27. The van der Waals surface area contributed by atoms with E-state index < -0.39 is 0 Å². The maximum absolute atomic E-state index is 12.1. The summed E-state index contributed by atoms with van der Waals surface area (Å²) in [4.78, 5) is 22.8. The number of methoxy groups -OCH3 is 1. The van der Waals surface area contributed by atoms with Gasteiger partial charge in [-0.15, -0.1) is 0 Å². The third kappa shape index (κ3) is 4.36. The number of hydrogen-bond donors (Lipinski definition) is 2. The summed E-state index contributed by atoms with van der Waals surface area (Å²) in [6.07, 6.45) is 3.19. The molecule has 1 aliphatic heterocycles. The van der Waals surface area contributed by atoms with Crippen molar-refractivity contribution in [1.82, 2.24) is 9.97 Å². The van der Waals surface area contributed by atoms with Crippen LogP contribution < -0.4 is 20.3 Å². The minimum atomic E-state index is -0.351. The zero-order valence-corrected chi connectivity index (χ0v) is 14.3. The van der Waals surface area contributed by atoms with E-state index in [4.69, 9.17) is 9.47 Å². The fourth-order valence-corrected chi connectivity index (χ4v) is 2.50. The van der Waals surface area contributed by atoms with Gasteiger partial charge in [-0.3, -0.25) is 0 Å². The van der Waals surface area contributed by atoms with Gasteiger partial charge in [-0.1, -0.05) is 0 Å². The lowest BCUT2D eigenvalue weighted by Crippen LogP contribution is -2.37. The van der Waals surface area contributed by atoms with Gasteiger partial charge in [-0.05, 0) is 30.7 Å². The van der Waals surface area contributed by atoms with Crippen molar-refractivity contribution in [3.63, 3.8) is 0 Å². The van der Waals surface area contributed by atoms with Crippen molar-refractivity contribution in [1.29, 1.82) is 0 Å². The lowest BCUT2D eigenvalue weighted by molar-refractivity contribution is 0.122. The van der Waals surface area contributed by atoms with Gasteiger partial charge in [0.05, 0.1) is 38.4 Å². The number of morpholine rings is 1. The average Bonchev–Trinajstić information content (AvgIpc) is 2.64. The Morgan fingerprint density at radius 3 is 2.56 bits per heavy atom. The van der Waals surface area contributed by atoms with Gasteiger partial charge >= 0.3 is 6.03 Å². The Labute approximate surface area is 146 Å². The lowest BCUT2D eigenvalue weighted by atomic mass is 10.2. The number of urea groups is 1. The first kappa shape index (κ1) is 17.0. The topological polar surface area (TPSA) is 88.6 Å². The molecule has 0 radical (unpaired) electrons. The number of ether oxygens (including phenoxy) is 2. The molecule has 0 aliphatic carbocycles. The van der Waals surface area contributed by atoms with Crippen LogP contribution in [0, 0.1) is 6.92 Å². The Balaban J connectivity index is 1.59. The van der Waals surface area contributed by atoms with Crippen LogP contribution in [0.5, 0.6) is 5.75 Å². The summed E-state index contributed by atoms with van der Waals surface area (Å²) >= 11 is 0. The molecule has 2 aromatic rings. The second-order valence-corrected chi connectivity index (χ2v) is 5.63. The first-order valence-corrected chi connectivity index (χ1v) is 8.03. The Kier molecular flexibility index (Phi) is 5.30. The third-order valence-corrected chi connectivity index (χ3v) is 3.87. The van der Waals surface area contributed by atoms with Crippen molar-refractivity contribution in [3.8, 4) is 5.75 Å².